The highest BCUT2D eigenvalue weighted by Gasteiger charge is 2.29. The number of ether oxygens (including phenoxy) is 1. The molecule has 2 amide bonds. The lowest BCUT2D eigenvalue weighted by Gasteiger charge is -2.31. The zero-order valence-corrected chi connectivity index (χ0v) is 16.0. The summed E-state index contributed by atoms with van der Waals surface area (Å²) in [5.74, 6) is 0.213. The SMILES string of the molecule is CCOC(=O)N1CCCC(C(=O)Nc2ccnn2Cc2ccccc2Cl)C1. The lowest BCUT2D eigenvalue weighted by atomic mass is 9.97. The maximum Gasteiger partial charge on any atom is 0.409 e. The number of aromatic nitrogens is 2. The van der Waals surface area contributed by atoms with E-state index >= 15 is 0 Å². The Hall–Kier alpha value is -2.54. The molecule has 7 nitrogen and oxygen atoms in total. The van der Waals surface area contributed by atoms with Crippen LogP contribution in [0.25, 0.3) is 0 Å². The lowest BCUT2D eigenvalue weighted by Crippen LogP contribution is -2.44. The van der Waals surface area contributed by atoms with Crippen molar-refractivity contribution in [3.05, 3.63) is 47.1 Å². The zero-order valence-electron chi connectivity index (χ0n) is 15.2. The van der Waals surface area contributed by atoms with Crippen LogP contribution in [0.1, 0.15) is 25.3 Å². The molecule has 8 heteroatoms. The van der Waals surface area contributed by atoms with E-state index in [1.165, 1.54) is 0 Å². The van der Waals surface area contributed by atoms with Gasteiger partial charge >= 0.3 is 6.09 Å². The maximum absolute atomic E-state index is 12.7. The average molecular weight is 391 g/mol. The number of nitrogens with one attached hydrogen (secondary N) is 1. The molecule has 2 aromatic rings. The topological polar surface area (TPSA) is 76.5 Å². The summed E-state index contributed by atoms with van der Waals surface area (Å²) in [5.41, 5.74) is 0.921. The van der Waals surface area contributed by atoms with E-state index in [0.717, 1.165) is 18.4 Å². The van der Waals surface area contributed by atoms with Crippen LogP contribution in [0.5, 0.6) is 0 Å². The van der Waals surface area contributed by atoms with Crippen LogP contribution in [0.2, 0.25) is 5.02 Å². The average Bonchev–Trinajstić information content (AvgIpc) is 3.10. The molecule has 0 radical (unpaired) electrons. The Balaban J connectivity index is 1.64. The van der Waals surface area contributed by atoms with Crippen molar-refractivity contribution in [2.24, 2.45) is 5.92 Å². The van der Waals surface area contributed by atoms with Crippen molar-refractivity contribution >= 4 is 29.4 Å². The molecule has 0 aliphatic carbocycles. The molecule has 1 atom stereocenters. The summed E-state index contributed by atoms with van der Waals surface area (Å²) in [6, 6.07) is 9.28. The number of halogens is 1. The molecule has 0 saturated carbocycles. The molecule has 1 fully saturated rings. The molecule has 1 N–H and O–H groups in total. The van der Waals surface area contributed by atoms with E-state index < -0.39 is 0 Å². The minimum absolute atomic E-state index is 0.120. The number of amides is 2. The third-order valence-corrected chi connectivity index (χ3v) is 4.93. The number of rotatable bonds is 5. The fraction of sp³-hybridized carbons (Fsp3) is 0.421. The third kappa shape index (κ3) is 4.80. The van der Waals surface area contributed by atoms with Crippen molar-refractivity contribution in [3.8, 4) is 0 Å². The molecule has 1 aliphatic rings. The fourth-order valence-corrected chi connectivity index (χ4v) is 3.35. The lowest BCUT2D eigenvalue weighted by molar-refractivity contribution is -0.121. The van der Waals surface area contributed by atoms with E-state index in [-0.39, 0.29) is 17.9 Å². The van der Waals surface area contributed by atoms with Gasteiger partial charge in [-0.3, -0.25) is 4.79 Å². The summed E-state index contributed by atoms with van der Waals surface area (Å²) >= 11 is 6.21. The first-order chi connectivity index (χ1) is 13.1. The van der Waals surface area contributed by atoms with Gasteiger partial charge in [-0.2, -0.15) is 5.10 Å². The Morgan fingerprint density at radius 1 is 1.33 bits per heavy atom. The Morgan fingerprint density at radius 2 is 2.15 bits per heavy atom. The number of hydrogen-bond acceptors (Lipinski definition) is 4. The smallest absolute Gasteiger partial charge is 0.409 e. The van der Waals surface area contributed by atoms with Crippen molar-refractivity contribution in [2.45, 2.75) is 26.3 Å². The standard InChI is InChI=1S/C19H23ClN4O3/c1-2-27-19(26)23-11-5-7-15(12-23)18(25)22-17-9-10-21-24(17)13-14-6-3-4-8-16(14)20/h3-4,6,8-10,15H,2,5,7,11-13H2,1H3,(H,22,25). The molecule has 1 aromatic heterocycles. The summed E-state index contributed by atoms with van der Waals surface area (Å²) < 4.78 is 6.74. The van der Waals surface area contributed by atoms with Crippen LogP contribution >= 0.6 is 11.6 Å². The second-order valence-electron chi connectivity index (χ2n) is 6.44. The van der Waals surface area contributed by atoms with E-state index in [0.29, 0.717) is 37.1 Å². The highest BCUT2D eigenvalue weighted by Crippen LogP contribution is 2.21. The van der Waals surface area contributed by atoms with Crippen molar-refractivity contribution < 1.29 is 14.3 Å². The van der Waals surface area contributed by atoms with Gasteiger partial charge in [-0.05, 0) is 31.4 Å². The van der Waals surface area contributed by atoms with Gasteiger partial charge < -0.3 is 15.0 Å². The number of nitrogens with zero attached hydrogens (tertiary/aromatic N) is 3. The van der Waals surface area contributed by atoms with Crippen LogP contribution in [0.3, 0.4) is 0 Å². The predicted molar refractivity (Wildman–Crippen MR) is 103 cm³/mol. The van der Waals surface area contributed by atoms with Gasteiger partial charge in [0.1, 0.15) is 5.82 Å². The highest BCUT2D eigenvalue weighted by atomic mass is 35.5. The van der Waals surface area contributed by atoms with E-state index in [2.05, 4.69) is 10.4 Å². The number of benzene rings is 1. The largest absolute Gasteiger partial charge is 0.450 e. The summed E-state index contributed by atoms with van der Waals surface area (Å²) in [6.07, 6.45) is 2.78. The van der Waals surface area contributed by atoms with Gasteiger partial charge in [0.25, 0.3) is 0 Å². The van der Waals surface area contributed by atoms with Crippen LogP contribution in [-0.2, 0) is 16.1 Å². The molecule has 1 aromatic carbocycles. The number of likely N-dealkylation sites (tertiary alicyclic amines) is 1. The summed E-state index contributed by atoms with van der Waals surface area (Å²) in [5, 5.41) is 7.86. The van der Waals surface area contributed by atoms with Crippen LogP contribution < -0.4 is 5.32 Å². The molecular weight excluding hydrogens is 368 g/mol. The first-order valence-corrected chi connectivity index (χ1v) is 9.44. The number of piperidine rings is 1. The van der Waals surface area contributed by atoms with Crippen LogP contribution in [0, 0.1) is 5.92 Å². The number of hydrogen-bond donors (Lipinski definition) is 1. The molecule has 0 spiro atoms. The molecule has 2 heterocycles. The molecule has 1 saturated heterocycles. The van der Waals surface area contributed by atoms with Gasteiger partial charge in [0, 0.05) is 24.2 Å². The first-order valence-electron chi connectivity index (χ1n) is 9.06. The number of carbonyl (C=O) groups excluding carboxylic acids is 2. The molecule has 3 rings (SSSR count). The van der Waals surface area contributed by atoms with E-state index in [1.54, 1.807) is 28.8 Å². The van der Waals surface area contributed by atoms with Gasteiger partial charge in [0.2, 0.25) is 5.91 Å². The number of anilines is 1. The summed E-state index contributed by atoms with van der Waals surface area (Å²) in [6.45, 7) is 3.54. The van der Waals surface area contributed by atoms with Crippen LogP contribution in [0.4, 0.5) is 10.6 Å². The van der Waals surface area contributed by atoms with Crippen LogP contribution in [0.15, 0.2) is 36.5 Å². The fourth-order valence-electron chi connectivity index (χ4n) is 3.15. The maximum atomic E-state index is 12.7. The van der Waals surface area contributed by atoms with Gasteiger partial charge in [-0.1, -0.05) is 29.8 Å². The van der Waals surface area contributed by atoms with Crippen LogP contribution in [-0.4, -0.2) is 46.4 Å². The Morgan fingerprint density at radius 3 is 2.93 bits per heavy atom. The van der Waals surface area contributed by atoms with Crippen molar-refractivity contribution in [3.63, 3.8) is 0 Å². The highest BCUT2D eigenvalue weighted by molar-refractivity contribution is 6.31. The monoisotopic (exact) mass is 390 g/mol. The molecule has 27 heavy (non-hydrogen) atoms. The second kappa shape index (κ2) is 8.90. The molecule has 0 bridgehead atoms. The van der Waals surface area contributed by atoms with E-state index in [9.17, 15) is 9.59 Å². The molecule has 1 unspecified atom stereocenters. The first kappa shape index (κ1) is 19.2. The molecule has 144 valence electrons. The summed E-state index contributed by atoms with van der Waals surface area (Å²) in [7, 11) is 0. The molecular formula is C19H23ClN4O3. The minimum atomic E-state index is -0.362. The quantitative estimate of drug-likeness (QED) is 0.848. The predicted octanol–water partition coefficient (Wildman–Crippen LogP) is 3.39. The second-order valence-corrected chi connectivity index (χ2v) is 6.85. The number of carbonyl (C=O) groups is 2. The van der Waals surface area contributed by atoms with Crippen molar-refractivity contribution in [1.82, 2.24) is 14.7 Å². The summed E-state index contributed by atoms with van der Waals surface area (Å²) in [4.78, 5) is 26.2. The third-order valence-electron chi connectivity index (χ3n) is 4.56. The van der Waals surface area contributed by atoms with Crippen molar-refractivity contribution in [1.29, 1.82) is 0 Å². The van der Waals surface area contributed by atoms with Gasteiger partial charge in [-0.25, -0.2) is 9.48 Å². The van der Waals surface area contributed by atoms with E-state index in [1.807, 2.05) is 24.3 Å². The normalized spacial score (nSPS) is 16.8. The van der Waals surface area contributed by atoms with Crippen molar-refractivity contribution in [2.75, 3.05) is 25.0 Å². The van der Waals surface area contributed by atoms with Gasteiger partial charge in [-0.15, -0.1) is 0 Å². The Bertz CT molecular complexity index is 808. The van der Waals surface area contributed by atoms with E-state index in [4.69, 9.17) is 16.3 Å². The Kier molecular flexibility index (Phi) is 6.34. The zero-order chi connectivity index (χ0) is 19.2. The van der Waals surface area contributed by atoms with Gasteiger partial charge in [0.05, 0.1) is 25.3 Å². The minimum Gasteiger partial charge on any atom is -0.450 e. The molecule has 1 aliphatic heterocycles. The van der Waals surface area contributed by atoms with Gasteiger partial charge in [0.15, 0.2) is 0 Å². The Labute approximate surface area is 163 Å².